The average molecular weight is 250 g/mol. The Morgan fingerprint density at radius 3 is 2.71 bits per heavy atom. The van der Waals surface area contributed by atoms with Crippen LogP contribution in [0.5, 0.6) is 0 Å². The first-order valence-electron chi connectivity index (χ1n) is 5.78. The zero-order valence-electron chi connectivity index (χ0n) is 10.7. The molecule has 2 aromatic rings. The van der Waals surface area contributed by atoms with Crippen molar-refractivity contribution >= 4 is 11.3 Å². The van der Waals surface area contributed by atoms with Gasteiger partial charge in [-0.3, -0.25) is 4.68 Å². The van der Waals surface area contributed by atoms with E-state index in [4.69, 9.17) is 0 Å². The van der Waals surface area contributed by atoms with Crippen LogP contribution in [0.4, 0.5) is 0 Å². The van der Waals surface area contributed by atoms with Crippen molar-refractivity contribution in [1.82, 2.24) is 20.1 Å². The molecule has 0 saturated carbocycles. The summed E-state index contributed by atoms with van der Waals surface area (Å²) in [5.41, 5.74) is 2.16. The number of hydrogen-bond acceptors (Lipinski definition) is 4. The van der Waals surface area contributed by atoms with Crippen molar-refractivity contribution in [3.8, 4) is 0 Å². The first-order chi connectivity index (χ1) is 8.11. The second-order valence-corrected chi connectivity index (χ2v) is 5.32. The second kappa shape index (κ2) is 4.98. The normalized spacial score (nSPS) is 12.9. The van der Waals surface area contributed by atoms with Crippen LogP contribution >= 0.6 is 11.3 Å². The zero-order chi connectivity index (χ0) is 12.4. The molecule has 0 spiro atoms. The maximum Gasteiger partial charge on any atom is 0.0900 e. The molecule has 5 heteroatoms. The lowest BCUT2D eigenvalue weighted by Crippen LogP contribution is -2.22. The van der Waals surface area contributed by atoms with Gasteiger partial charge >= 0.3 is 0 Å². The summed E-state index contributed by atoms with van der Waals surface area (Å²) in [6.45, 7) is 7.13. The van der Waals surface area contributed by atoms with E-state index in [0.29, 0.717) is 0 Å². The highest BCUT2D eigenvalue weighted by atomic mass is 32.1. The molecule has 2 rings (SSSR count). The summed E-state index contributed by atoms with van der Waals surface area (Å²) in [6.07, 6.45) is 1.98. The fourth-order valence-corrected chi connectivity index (χ4v) is 2.95. The molecule has 4 nitrogen and oxygen atoms in total. The molecule has 17 heavy (non-hydrogen) atoms. The summed E-state index contributed by atoms with van der Waals surface area (Å²) in [5.74, 6) is 0. The minimum atomic E-state index is 0.160. The fraction of sp³-hybridized carbons (Fsp3) is 0.500. The maximum absolute atomic E-state index is 4.49. The van der Waals surface area contributed by atoms with Crippen molar-refractivity contribution in [3.63, 3.8) is 0 Å². The Labute approximate surface area is 106 Å². The standard InChI is InChI=1S/C12H18N4S/c1-5-13-11(10-6-7-16(4)15-10)12-8(2)14-9(3)17-12/h6-7,11,13H,5H2,1-4H3. The molecule has 0 aliphatic carbocycles. The van der Waals surface area contributed by atoms with E-state index in [0.717, 1.165) is 22.9 Å². The third kappa shape index (κ3) is 2.56. The highest BCUT2D eigenvalue weighted by Gasteiger charge is 2.20. The van der Waals surface area contributed by atoms with Gasteiger partial charge in [0.05, 0.1) is 27.3 Å². The number of nitrogens with one attached hydrogen (secondary N) is 1. The van der Waals surface area contributed by atoms with Crippen molar-refractivity contribution in [2.45, 2.75) is 26.8 Å². The Hall–Kier alpha value is -1.20. The molecule has 0 saturated heterocycles. The quantitative estimate of drug-likeness (QED) is 0.904. The lowest BCUT2D eigenvalue weighted by molar-refractivity contribution is 0.604. The Kier molecular flexibility index (Phi) is 3.59. The molecular weight excluding hydrogens is 232 g/mol. The molecule has 2 heterocycles. The van der Waals surface area contributed by atoms with Gasteiger partial charge in [-0.1, -0.05) is 6.92 Å². The molecule has 92 valence electrons. The molecule has 0 aliphatic rings. The van der Waals surface area contributed by atoms with Gasteiger partial charge in [0.15, 0.2) is 0 Å². The average Bonchev–Trinajstić information content (AvgIpc) is 2.82. The maximum atomic E-state index is 4.49. The third-order valence-corrected chi connectivity index (χ3v) is 3.78. The molecule has 0 fully saturated rings. The van der Waals surface area contributed by atoms with Crippen molar-refractivity contribution in [1.29, 1.82) is 0 Å². The molecule has 0 bridgehead atoms. The number of hydrogen-bond donors (Lipinski definition) is 1. The van der Waals surface area contributed by atoms with Crippen LogP contribution in [-0.2, 0) is 7.05 Å². The third-order valence-electron chi connectivity index (χ3n) is 2.64. The smallest absolute Gasteiger partial charge is 0.0900 e. The monoisotopic (exact) mass is 250 g/mol. The van der Waals surface area contributed by atoms with Gasteiger partial charge in [-0.2, -0.15) is 5.10 Å². The van der Waals surface area contributed by atoms with E-state index in [-0.39, 0.29) is 6.04 Å². The molecule has 2 aromatic heterocycles. The summed E-state index contributed by atoms with van der Waals surface area (Å²) >= 11 is 1.74. The first-order valence-corrected chi connectivity index (χ1v) is 6.60. The highest BCUT2D eigenvalue weighted by Crippen LogP contribution is 2.28. The van der Waals surface area contributed by atoms with E-state index < -0.39 is 0 Å². The van der Waals surface area contributed by atoms with E-state index in [2.05, 4.69) is 35.3 Å². The van der Waals surface area contributed by atoms with Crippen LogP contribution in [0.1, 0.15) is 34.2 Å². The summed E-state index contributed by atoms with van der Waals surface area (Å²) < 4.78 is 1.84. The predicted octanol–water partition coefficient (Wildman–Crippen LogP) is 2.19. The molecule has 0 amide bonds. The van der Waals surface area contributed by atoms with Crippen LogP contribution in [0.2, 0.25) is 0 Å². The van der Waals surface area contributed by atoms with Gasteiger partial charge in [-0.25, -0.2) is 4.98 Å². The largest absolute Gasteiger partial charge is 0.304 e. The molecule has 0 radical (unpaired) electrons. The SMILES string of the molecule is CCNC(c1ccn(C)n1)c1sc(C)nc1C. The van der Waals surface area contributed by atoms with Crippen molar-refractivity contribution in [2.75, 3.05) is 6.54 Å². The molecular formula is C12H18N4S. The fourth-order valence-electron chi connectivity index (χ4n) is 1.94. The van der Waals surface area contributed by atoms with Gasteiger partial charge in [-0.15, -0.1) is 11.3 Å². The van der Waals surface area contributed by atoms with Crippen molar-refractivity contribution in [3.05, 3.63) is 33.5 Å². The Morgan fingerprint density at radius 1 is 1.47 bits per heavy atom. The summed E-state index contributed by atoms with van der Waals surface area (Å²) in [6, 6.07) is 2.22. The number of aromatic nitrogens is 3. The van der Waals surface area contributed by atoms with E-state index >= 15 is 0 Å². The highest BCUT2D eigenvalue weighted by molar-refractivity contribution is 7.11. The predicted molar refractivity (Wildman–Crippen MR) is 70.3 cm³/mol. The number of rotatable bonds is 4. The van der Waals surface area contributed by atoms with Crippen LogP contribution in [0, 0.1) is 13.8 Å². The van der Waals surface area contributed by atoms with Crippen LogP contribution in [-0.4, -0.2) is 21.3 Å². The zero-order valence-corrected chi connectivity index (χ0v) is 11.5. The van der Waals surface area contributed by atoms with Gasteiger partial charge < -0.3 is 5.32 Å². The van der Waals surface area contributed by atoms with Crippen LogP contribution < -0.4 is 5.32 Å². The Balaban J connectivity index is 2.38. The molecule has 0 aromatic carbocycles. The van der Waals surface area contributed by atoms with Gasteiger partial charge in [0.25, 0.3) is 0 Å². The number of thiazole rings is 1. The second-order valence-electron chi connectivity index (χ2n) is 4.09. The Bertz CT molecular complexity index is 500. The van der Waals surface area contributed by atoms with E-state index in [1.54, 1.807) is 11.3 Å². The molecule has 1 atom stereocenters. The lowest BCUT2D eigenvalue weighted by Gasteiger charge is -2.14. The van der Waals surface area contributed by atoms with E-state index in [1.165, 1.54) is 4.88 Å². The molecule has 0 aliphatic heterocycles. The van der Waals surface area contributed by atoms with Gasteiger partial charge in [-0.05, 0) is 26.5 Å². The van der Waals surface area contributed by atoms with Gasteiger partial charge in [0.2, 0.25) is 0 Å². The van der Waals surface area contributed by atoms with Crippen molar-refractivity contribution in [2.24, 2.45) is 7.05 Å². The summed E-state index contributed by atoms with van der Waals surface area (Å²) in [7, 11) is 1.94. The molecule has 1 unspecified atom stereocenters. The Morgan fingerprint density at radius 2 is 2.24 bits per heavy atom. The van der Waals surface area contributed by atoms with E-state index in [9.17, 15) is 0 Å². The minimum absolute atomic E-state index is 0.160. The molecule has 1 N–H and O–H groups in total. The van der Waals surface area contributed by atoms with Crippen LogP contribution in [0.25, 0.3) is 0 Å². The summed E-state index contributed by atoms with van der Waals surface area (Å²) in [5, 5.41) is 9.07. The first kappa shape index (κ1) is 12.3. The minimum Gasteiger partial charge on any atom is -0.304 e. The van der Waals surface area contributed by atoms with Crippen molar-refractivity contribution < 1.29 is 0 Å². The van der Waals surface area contributed by atoms with Crippen LogP contribution in [0.15, 0.2) is 12.3 Å². The number of aryl methyl sites for hydroxylation is 3. The lowest BCUT2D eigenvalue weighted by atomic mass is 10.1. The van der Waals surface area contributed by atoms with Crippen LogP contribution in [0.3, 0.4) is 0 Å². The summed E-state index contributed by atoms with van der Waals surface area (Å²) in [4.78, 5) is 5.76. The van der Waals surface area contributed by atoms with E-state index in [1.807, 2.05) is 24.9 Å². The number of nitrogens with zero attached hydrogens (tertiary/aromatic N) is 3. The topological polar surface area (TPSA) is 42.7 Å². The van der Waals surface area contributed by atoms with Gasteiger partial charge in [0.1, 0.15) is 0 Å². The van der Waals surface area contributed by atoms with Gasteiger partial charge in [0, 0.05) is 13.2 Å².